The van der Waals surface area contributed by atoms with Gasteiger partial charge in [0.05, 0.1) is 0 Å². The van der Waals surface area contributed by atoms with Crippen molar-refractivity contribution in [3.63, 3.8) is 0 Å². The minimum absolute atomic E-state index is 0.373. The molecule has 0 spiro atoms. The molecule has 0 aliphatic carbocycles. The lowest BCUT2D eigenvalue weighted by molar-refractivity contribution is -0.148. The molecule has 0 saturated heterocycles. The van der Waals surface area contributed by atoms with Crippen LogP contribution in [-0.2, 0) is 9.53 Å². The highest BCUT2D eigenvalue weighted by Crippen LogP contribution is 2.06. The Morgan fingerprint density at radius 1 is 1.36 bits per heavy atom. The van der Waals surface area contributed by atoms with Gasteiger partial charge in [-0.2, -0.15) is 0 Å². The quantitative estimate of drug-likeness (QED) is 0.331. The maximum Gasteiger partial charge on any atom is 0.330 e. The Labute approximate surface area is 68.6 Å². The van der Waals surface area contributed by atoms with Crippen molar-refractivity contribution in [3.8, 4) is 0 Å². The highest BCUT2D eigenvalue weighted by molar-refractivity contribution is 5.81. The van der Waals surface area contributed by atoms with Gasteiger partial charge in [0.15, 0.2) is 0 Å². The molecule has 0 aromatic carbocycles. The monoisotopic (exact) mass is 156 g/mol. The topological polar surface area (TPSA) is 26.3 Å². The van der Waals surface area contributed by atoms with Crippen LogP contribution >= 0.6 is 0 Å². The van der Waals surface area contributed by atoms with Crippen LogP contribution in [0.15, 0.2) is 25.8 Å². The molecule has 0 saturated carbocycles. The predicted octanol–water partition coefficient (Wildman–Crippen LogP) is 2.32. The number of hydrogen-bond acceptors (Lipinski definition) is 2. The van der Waals surface area contributed by atoms with Gasteiger partial charge in [0.2, 0.25) is 0 Å². The molecule has 11 heavy (non-hydrogen) atoms. The molecule has 0 atom stereocenters. The second kappa shape index (κ2) is 5.71. The molecule has 0 bridgehead atoms. The van der Waals surface area contributed by atoms with Crippen molar-refractivity contribution in [2.75, 3.05) is 0 Å². The molecular formula is C9H16O2. The summed E-state index contributed by atoms with van der Waals surface area (Å²) in [4.78, 5) is 10.5. The molecule has 0 heterocycles. The standard InChI is InChI=1S/C7H12O2.C2H4/c1-5-6(8)9-7(2,3)4;1-2/h5H,1H2,2-4H3;1-2H2. The predicted molar refractivity (Wildman–Crippen MR) is 47.3 cm³/mol. The van der Waals surface area contributed by atoms with Gasteiger partial charge < -0.3 is 4.74 Å². The molecule has 64 valence electrons. The molecule has 0 radical (unpaired) electrons. The maximum atomic E-state index is 10.5. The third-order valence-electron chi connectivity index (χ3n) is 0.573. The normalized spacial score (nSPS) is 9.00. The van der Waals surface area contributed by atoms with Gasteiger partial charge in [-0.25, -0.2) is 4.79 Å². The van der Waals surface area contributed by atoms with Crippen molar-refractivity contribution in [2.45, 2.75) is 26.4 Å². The molecule has 0 fully saturated rings. The van der Waals surface area contributed by atoms with Gasteiger partial charge in [0.1, 0.15) is 5.60 Å². The molecule has 0 rings (SSSR count). The van der Waals surface area contributed by atoms with E-state index in [4.69, 9.17) is 4.74 Å². The average molecular weight is 156 g/mol. The zero-order valence-electron chi connectivity index (χ0n) is 7.52. The van der Waals surface area contributed by atoms with Gasteiger partial charge in [0, 0.05) is 6.08 Å². The lowest BCUT2D eigenvalue weighted by Crippen LogP contribution is -2.22. The van der Waals surface area contributed by atoms with E-state index in [-0.39, 0.29) is 5.97 Å². The number of esters is 1. The first-order valence-corrected chi connectivity index (χ1v) is 3.31. The van der Waals surface area contributed by atoms with E-state index in [1.165, 1.54) is 0 Å². The van der Waals surface area contributed by atoms with Gasteiger partial charge in [0.25, 0.3) is 0 Å². The highest BCUT2D eigenvalue weighted by Gasteiger charge is 2.12. The van der Waals surface area contributed by atoms with Gasteiger partial charge in [-0.3, -0.25) is 0 Å². The van der Waals surface area contributed by atoms with Crippen LogP contribution in [0, 0.1) is 0 Å². The fourth-order valence-electron chi connectivity index (χ4n) is 0.343. The first-order chi connectivity index (χ1) is 4.95. The second-order valence-corrected chi connectivity index (χ2v) is 2.74. The third-order valence-corrected chi connectivity index (χ3v) is 0.573. The SMILES string of the molecule is C=C.C=CC(=O)OC(C)(C)C. The minimum Gasteiger partial charge on any atom is -0.457 e. The maximum absolute atomic E-state index is 10.5. The summed E-state index contributed by atoms with van der Waals surface area (Å²) in [5, 5.41) is 0. The molecule has 0 N–H and O–H groups in total. The summed E-state index contributed by atoms with van der Waals surface area (Å²) in [6, 6.07) is 0. The van der Waals surface area contributed by atoms with E-state index in [2.05, 4.69) is 19.7 Å². The van der Waals surface area contributed by atoms with Crippen molar-refractivity contribution >= 4 is 5.97 Å². The fraction of sp³-hybridized carbons (Fsp3) is 0.444. The van der Waals surface area contributed by atoms with E-state index in [9.17, 15) is 4.79 Å². The third kappa shape index (κ3) is 12.2. The largest absolute Gasteiger partial charge is 0.457 e. The number of carbonyl (C=O) groups is 1. The Balaban J connectivity index is 0. The van der Waals surface area contributed by atoms with E-state index < -0.39 is 5.60 Å². The molecule has 0 aliphatic rings. The average Bonchev–Trinajstić information content (AvgIpc) is 1.89. The summed E-state index contributed by atoms with van der Waals surface area (Å²) in [7, 11) is 0. The molecule has 0 aromatic rings. The van der Waals surface area contributed by atoms with Crippen molar-refractivity contribution in [3.05, 3.63) is 25.8 Å². The van der Waals surface area contributed by atoms with Crippen LogP contribution in [0.25, 0.3) is 0 Å². The number of ether oxygens (including phenoxy) is 1. The van der Waals surface area contributed by atoms with E-state index in [1.807, 2.05) is 20.8 Å². The van der Waals surface area contributed by atoms with Crippen LogP contribution in [0.3, 0.4) is 0 Å². The lowest BCUT2D eigenvalue weighted by atomic mass is 10.2. The number of hydrogen-bond donors (Lipinski definition) is 0. The van der Waals surface area contributed by atoms with Gasteiger partial charge in [-0.1, -0.05) is 6.58 Å². The molecule has 0 amide bonds. The van der Waals surface area contributed by atoms with Gasteiger partial charge in [-0.05, 0) is 20.8 Å². The van der Waals surface area contributed by atoms with Gasteiger partial charge >= 0.3 is 5.97 Å². The molecular weight excluding hydrogens is 140 g/mol. The summed E-state index contributed by atoms with van der Waals surface area (Å²) >= 11 is 0. The summed E-state index contributed by atoms with van der Waals surface area (Å²) < 4.78 is 4.83. The Morgan fingerprint density at radius 3 is 1.82 bits per heavy atom. The van der Waals surface area contributed by atoms with Crippen LogP contribution in [0.5, 0.6) is 0 Å². The molecule has 0 unspecified atom stereocenters. The molecule has 0 aliphatic heterocycles. The summed E-state index contributed by atoms with van der Waals surface area (Å²) in [6.45, 7) is 14.7. The fourth-order valence-corrected chi connectivity index (χ4v) is 0.343. The van der Waals surface area contributed by atoms with E-state index in [0.29, 0.717) is 0 Å². The summed E-state index contributed by atoms with van der Waals surface area (Å²) in [5.74, 6) is -0.373. The summed E-state index contributed by atoms with van der Waals surface area (Å²) in [5.41, 5.74) is -0.398. The summed E-state index contributed by atoms with van der Waals surface area (Å²) in [6.07, 6.45) is 1.16. The smallest absolute Gasteiger partial charge is 0.330 e. The Bertz CT molecular complexity index is 131. The van der Waals surface area contributed by atoms with Crippen molar-refractivity contribution in [1.82, 2.24) is 0 Å². The second-order valence-electron chi connectivity index (χ2n) is 2.74. The van der Waals surface area contributed by atoms with Crippen molar-refractivity contribution < 1.29 is 9.53 Å². The first kappa shape index (κ1) is 12.6. The van der Waals surface area contributed by atoms with E-state index in [0.717, 1.165) is 6.08 Å². The minimum atomic E-state index is -0.398. The van der Waals surface area contributed by atoms with E-state index >= 15 is 0 Å². The van der Waals surface area contributed by atoms with Gasteiger partial charge in [-0.15, -0.1) is 13.2 Å². The highest BCUT2D eigenvalue weighted by atomic mass is 16.6. The molecule has 2 nitrogen and oxygen atoms in total. The zero-order valence-corrected chi connectivity index (χ0v) is 7.52. The van der Waals surface area contributed by atoms with Crippen LogP contribution in [0.4, 0.5) is 0 Å². The lowest BCUT2D eigenvalue weighted by Gasteiger charge is -2.17. The van der Waals surface area contributed by atoms with Crippen LogP contribution in [0.2, 0.25) is 0 Å². The Morgan fingerprint density at radius 2 is 1.73 bits per heavy atom. The Kier molecular flexibility index (Phi) is 6.55. The molecule has 2 heteroatoms. The van der Waals surface area contributed by atoms with Crippen LogP contribution in [0.1, 0.15) is 20.8 Å². The zero-order chi connectivity index (χ0) is 9.49. The first-order valence-electron chi connectivity index (χ1n) is 3.31. The van der Waals surface area contributed by atoms with Crippen LogP contribution in [-0.4, -0.2) is 11.6 Å². The van der Waals surface area contributed by atoms with E-state index in [1.54, 1.807) is 0 Å². The number of rotatable bonds is 1. The van der Waals surface area contributed by atoms with Crippen molar-refractivity contribution in [2.24, 2.45) is 0 Å². The molecule has 0 aromatic heterocycles. The van der Waals surface area contributed by atoms with Crippen molar-refractivity contribution in [1.29, 1.82) is 0 Å². The van der Waals surface area contributed by atoms with Crippen LogP contribution < -0.4 is 0 Å². The Hall–Kier alpha value is -1.05. The number of carbonyl (C=O) groups excluding carboxylic acids is 1.